The second-order valence-corrected chi connectivity index (χ2v) is 7.43. The summed E-state index contributed by atoms with van der Waals surface area (Å²) in [6, 6.07) is 4.61. The van der Waals surface area contributed by atoms with Gasteiger partial charge in [-0.3, -0.25) is 4.79 Å². The summed E-state index contributed by atoms with van der Waals surface area (Å²) in [5.74, 6) is -2.46. The van der Waals surface area contributed by atoms with Gasteiger partial charge in [0.2, 0.25) is 5.91 Å². The molecule has 1 amide bonds. The topological polar surface area (TPSA) is 122 Å². The number of aliphatic carboxylic acids is 1. The fourth-order valence-corrected chi connectivity index (χ4v) is 3.66. The Hall–Kier alpha value is -2.78. The normalized spacial score (nSPS) is 16.2. The quantitative estimate of drug-likeness (QED) is 0.566. The molecule has 0 saturated carbocycles. The van der Waals surface area contributed by atoms with E-state index in [1.165, 1.54) is 12.1 Å². The summed E-state index contributed by atoms with van der Waals surface area (Å²) in [7, 11) is 0. The molecule has 1 aromatic carbocycles. The molecule has 0 fully saturated rings. The number of thioether (sulfide) groups is 1. The number of amides is 1. The number of carbonyl (C=O) groups excluding carboxylic acids is 2. The molecule has 8 nitrogen and oxygen atoms in total. The van der Waals surface area contributed by atoms with Gasteiger partial charge in [-0.2, -0.15) is 0 Å². The van der Waals surface area contributed by atoms with Crippen LogP contribution in [0.2, 0.25) is 5.02 Å². The fourth-order valence-electron chi connectivity index (χ4n) is 2.39. The first-order valence-electron chi connectivity index (χ1n) is 9.03. The van der Waals surface area contributed by atoms with E-state index in [2.05, 4.69) is 4.99 Å². The molecule has 160 valence electrons. The van der Waals surface area contributed by atoms with Gasteiger partial charge < -0.3 is 19.7 Å². The lowest BCUT2D eigenvalue weighted by atomic mass is 10.1. The maximum Gasteiger partial charge on any atom is 0.344 e. The van der Waals surface area contributed by atoms with Crippen LogP contribution in [0.4, 0.5) is 0 Å². The lowest BCUT2D eigenvalue weighted by molar-refractivity contribution is -0.139. The number of aliphatic imine (C=N–C) groups is 1. The summed E-state index contributed by atoms with van der Waals surface area (Å²) < 4.78 is 10.0. The van der Waals surface area contributed by atoms with Crippen LogP contribution in [0.3, 0.4) is 0 Å². The summed E-state index contributed by atoms with van der Waals surface area (Å²) in [4.78, 5) is 39.1. The molecule has 0 aromatic heterocycles. The van der Waals surface area contributed by atoms with E-state index in [9.17, 15) is 19.5 Å². The molecule has 1 aliphatic rings. The Bertz CT molecular complexity index is 952. The van der Waals surface area contributed by atoms with Crippen LogP contribution in [0.15, 0.2) is 39.4 Å². The Kier molecular flexibility index (Phi) is 8.49. The second-order valence-electron chi connectivity index (χ2n) is 5.99. The van der Waals surface area contributed by atoms with E-state index in [-0.39, 0.29) is 45.1 Å². The second kappa shape index (κ2) is 10.8. The summed E-state index contributed by atoms with van der Waals surface area (Å²) in [5.41, 5.74) is 0.395. The van der Waals surface area contributed by atoms with Crippen LogP contribution in [0, 0.1) is 0 Å². The maximum absolute atomic E-state index is 12.3. The molecule has 0 unspecified atom stereocenters. The smallest absolute Gasteiger partial charge is 0.344 e. The molecular formula is C20H20ClNO7S. The third-order valence-electron chi connectivity index (χ3n) is 3.67. The Labute approximate surface area is 182 Å². The van der Waals surface area contributed by atoms with Crippen molar-refractivity contribution >= 4 is 52.3 Å². The number of halogens is 1. The minimum Gasteiger partial charge on any atom is -0.506 e. The van der Waals surface area contributed by atoms with Gasteiger partial charge in [0.15, 0.2) is 6.61 Å². The van der Waals surface area contributed by atoms with Crippen molar-refractivity contribution in [2.45, 2.75) is 26.7 Å². The number of esters is 1. The van der Waals surface area contributed by atoms with E-state index in [0.29, 0.717) is 12.0 Å². The predicted octanol–water partition coefficient (Wildman–Crippen LogP) is 3.99. The largest absolute Gasteiger partial charge is 0.506 e. The summed E-state index contributed by atoms with van der Waals surface area (Å²) in [6.07, 6.45) is 2.37. The molecule has 0 saturated heterocycles. The Morgan fingerprint density at radius 3 is 2.60 bits per heavy atom. The first-order valence-corrected chi connectivity index (χ1v) is 10.2. The van der Waals surface area contributed by atoms with Gasteiger partial charge in [-0.25, -0.2) is 14.6 Å². The standard InChI is InChI=1S/C20H20ClNO7S/c1-3-5-15(23)22-19-17(20(27)28-4-2)18(26)14(30-19)9-11-6-7-13(12(21)8-11)29-10-16(24)25/h6-9,26H,3-5,10H2,1-2H3,(H,24,25)/b14-9-,22-19?. The minimum atomic E-state index is -1.13. The van der Waals surface area contributed by atoms with Crippen molar-refractivity contribution in [1.29, 1.82) is 0 Å². The van der Waals surface area contributed by atoms with Crippen molar-refractivity contribution in [3.63, 3.8) is 0 Å². The number of rotatable bonds is 8. The Balaban J connectivity index is 2.37. The zero-order chi connectivity index (χ0) is 22.3. The van der Waals surface area contributed by atoms with Crippen LogP contribution < -0.4 is 4.74 Å². The molecule has 1 aromatic rings. The van der Waals surface area contributed by atoms with Crippen molar-refractivity contribution in [1.82, 2.24) is 0 Å². The molecule has 2 rings (SSSR count). The number of carbonyl (C=O) groups is 3. The molecule has 0 spiro atoms. The number of hydrogen-bond donors (Lipinski definition) is 2. The minimum absolute atomic E-state index is 0.0724. The van der Waals surface area contributed by atoms with E-state index in [0.717, 1.165) is 11.8 Å². The molecule has 0 radical (unpaired) electrons. The van der Waals surface area contributed by atoms with Crippen molar-refractivity contribution in [2.75, 3.05) is 13.2 Å². The Morgan fingerprint density at radius 1 is 1.27 bits per heavy atom. The van der Waals surface area contributed by atoms with Gasteiger partial charge in [-0.15, -0.1) is 0 Å². The predicted molar refractivity (Wildman–Crippen MR) is 114 cm³/mol. The number of nitrogens with zero attached hydrogens (tertiary/aromatic N) is 1. The highest BCUT2D eigenvalue weighted by Gasteiger charge is 2.33. The van der Waals surface area contributed by atoms with Crippen LogP contribution in [0.25, 0.3) is 6.08 Å². The average Bonchev–Trinajstić information content (AvgIpc) is 2.96. The van der Waals surface area contributed by atoms with Crippen LogP contribution in [0.1, 0.15) is 32.3 Å². The van der Waals surface area contributed by atoms with Gasteiger partial charge in [0.25, 0.3) is 0 Å². The summed E-state index contributed by atoms with van der Waals surface area (Å²) >= 11 is 7.08. The average molecular weight is 454 g/mol. The number of carboxylic acids is 1. The third kappa shape index (κ3) is 6.11. The third-order valence-corrected chi connectivity index (χ3v) is 4.98. The summed E-state index contributed by atoms with van der Waals surface area (Å²) in [6.45, 7) is 3.03. The number of hydrogen-bond acceptors (Lipinski definition) is 7. The van der Waals surface area contributed by atoms with Crippen LogP contribution >= 0.6 is 23.4 Å². The van der Waals surface area contributed by atoms with Crippen LogP contribution in [-0.4, -0.2) is 46.3 Å². The molecule has 0 atom stereocenters. The summed E-state index contributed by atoms with van der Waals surface area (Å²) in [5, 5.41) is 19.5. The van der Waals surface area contributed by atoms with Gasteiger partial charge in [0.1, 0.15) is 22.1 Å². The number of carboxylic acid groups (broad SMARTS) is 1. The molecule has 0 bridgehead atoms. The van der Waals surface area contributed by atoms with Crippen molar-refractivity contribution in [3.05, 3.63) is 45.0 Å². The van der Waals surface area contributed by atoms with E-state index < -0.39 is 24.5 Å². The van der Waals surface area contributed by atoms with E-state index in [4.69, 9.17) is 26.2 Å². The van der Waals surface area contributed by atoms with Crippen molar-refractivity contribution in [2.24, 2.45) is 4.99 Å². The molecule has 1 aliphatic heterocycles. The highest BCUT2D eigenvalue weighted by Crippen LogP contribution is 2.39. The SMILES string of the molecule is CCCC(=O)N=C1S/C(=C\c2ccc(OCC(=O)O)c(Cl)c2)C(O)=C1C(=O)OCC. The lowest BCUT2D eigenvalue weighted by Crippen LogP contribution is -2.14. The number of ether oxygens (including phenoxy) is 2. The molecule has 1 heterocycles. The van der Waals surface area contributed by atoms with Gasteiger partial charge in [-0.05, 0) is 37.1 Å². The monoisotopic (exact) mass is 453 g/mol. The molecule has 2 N–H and O–H groups in total. The molecular weight excluding hydrogens is 434 g/mol. The van der Waals surface area contributed by atoms with Crippen molar-refractivity contribution < 1.29 is 34.1 Å². The number of aliphatic hydroxyl groups is 1. The Morgan fingerprint density at radius 2 is 2.00 bits per heavy atom. The highest BCUT2D eigenvalue weighted by atomic mass is 35.5. The number of benzene rings is 1. The molecule has 10 heteroatoms. The first kappa shape index (κ1) is 23.5. The van der Waals surface area contributed by atoms with E-state index in [1.54, 1.807) is 19.1 Å². The van der Waals surface area contributed by atoms with Crippen LogP contribution in [0.5, 0.6) is 5.75 Å². The lowest BCUT2D eigenvalue weighted by Gasteiger charge is -2.06. The zero-order valence-corrected chi connectivity index (χ0v) is 17.9. The fraction of sp³-hybridized carbons (Fsp3) is 0.300. The maximum atomic E-state index is 12.3. The van der Waals surface area contributed by atoms with Gasteiger partial charge >= 0.3 is 11.9 Å². The van der Waals surface area contributed by atoms with E-state index >= 15 is 0 Å². The van der Waals surface area contributed by atoms with Crippen molar-refractivity contribution in [3.8, 4) is 5.75 Å². The zero-order valence-electron chi connectivity index (χ0n) is 16.3. The van der Waals surface area contributed by atoms with Crippen LogP contribution in [-0.2, 0) is 19.1 Å². The first-order chi connectivity index (χ1) is 14.3. The van der Waals surface area contributed by atoms with E-state index in [1.807, 2.05) is 6.92 Å². The van der Waals surface area contributed by atoms with Gasteiger partial charge in [0.05, 0.1) is 16.5 Å². The molecule has 0 aliphatic carbocycles. The highest BCUT2D eigenvalue weighted by molar-refractivity contribution is 8.18. The number of aliphatic hydroxyl groups excluding tert-OH is 1. The molecule has 30 heavy (non-hydrogen) atoms. The van der Waals surface area contributed by atoms with Gasteiger partial charge in [-0.1, -0.05) is 36.4 Å². The van der Waals surface area contributed by atoms with Gasteiger partial charge in [0, 0.05) is 6.42 Å².